The third-order valence-corrected chi connectivity index (χ3v) is 10.2. The maximum Gasteiger partial charge on any atom is 0.305 e. The maximum atomic E-state index is 13.3. The van der Waals surface area contributed by atoms with Crippen molar-refractivity contribution in [1.82, 2.24) is 9.42 Å². The van der Waals surface area contributed by atoms with E-state index >= 15 is 0 Å². The molecule has 0 aromatic heterocycles. The monoisotopic (exact) mass is 631 g/mol. The number of carboxylic acids is 1. The van der Waals surface area contributed by atoms with Gasteiger partial charge >= 0.3 is 5.97 Å². The summed E-state index contributed by atoms with van der Waals surface area (Å²) in [4.78, 5) is 13.6. The van der Waals surface area contributed by atoms with E-state index < -0.39 is 33.1 Å². The summed E-state index contributed by atoms with van der Waals surface area (Å²) in [6.45, 7) is 3.78. The topological polar surface area (TPSA) is 118 Å². The molecule has 4 aromatic carbocycles. The number of piperazine rings is 1. The van der Waals surface area contributed by atoms with E-state index in [2.05, 4.69) is 16.7 Å². The summed E-state index contributed by atoms with van der Waals surface area (Å²) in [5, 5.41) is 12.3. The van der Waals surface area contributed by atoms with Gasteiger partial charge in [0, 0.05) is 54.4 Å². The van der Waals surface area contributed by atoms with Crippen molar-refractivity contribution < 1.29 is 27.1 Å². The number of anilines is 1. The number of fused-ring (bicyclic) bond motifs is 1. The number of sulfone groups is 1. The molecule has 0 amide bonds. The van der Waals surface area contributed by atoms with Crippen LogP contribution in [0, 0.1) is 11.8 Å². The van der Waals surface area contributed by atoms with E-state index in [1.165, 1.54) is 4.41 Å². The first-order valence-corrected chi connectivity index (χ1v) is 16.9. The van der Waals surface area contributed by atoms with Crippen LogP contribution >= 0.6 is 0 Å². The molecule has 1 aliphatic heterocycles. The zero-order valence-corrected chi connectivity index (χ0v) is 25.8. The molecule has 1 fully saturated rings. The Morgan fingerprint density at radius 3 is 2.23 bits per heavy atom. The smallest absolute Gasteiger partial charge is 0.305 e. The van der Waals surface area contributed by atoms with E-state index in [4.69, 9.17) is 5.11 Å². The quantitative estimate of drug-likeness (QED) is 0.204. The Bertz CT molecular complexity index is 1830. The van der Waals surface area contributed by atoms with Crippen molar-refractivity contribution in [2.75, 3.05) is 31.1 Å². The minimum Gasteiger partial charge on any atom is -0.481 e. The SMILES string of the molecule is CC(CC(=O)O)N(N1CCN(c2ccc(C#Cc3ccc4cccc(S(=O)(=O)Cc5ccccc5)c4c3)cc2)CC1)S(=O)O. The van der Waals surface area contributed by atoms with Gasteiger partial charge in [-0.05, 0) is 60.3 Å². The molecule has 1 heterocycles. The molecule has 4 aromatic rings. The summed E-state index contributed by atoms with van der Waals surface area (Å²) >= 11 is -2.31. The van der Waals surface area contributed by atoms with Crippen molar-refractivity contribution in [3.8, 4) is 11.8 Å². The summed E-state index contributed by atoms with van der Waals surface area (Å²) in [7, 11) is -3.57. The number of hydrogen-bond donors (Lipinski definition) is 2. The van der Waals surface area contributed by atoms with Gasteiger partial charge in [0.05, 0.1) is 17.1 Å². The third kappa shape index (κ3) is 7.53. The van der Waals surface area contributed by atoms with Crippen LogP contribution in [0.25, 0.3) is 10.8 Å². The Balaban J connectivity index is 1.27. The van der Waals surface area contributed by atoms with Gasteiger partial charge in [-0.15, -0.1) is 4.41 Å². The molecule has 2 unspecified atom stereocenters. The van der Waals surface area contributed by atoms with Crippen molar-refractivity contribution in [2.45, 2.75) is 30.0 Å². The van der Waals surface area contributed by atoms with E-state index in [-0.39, 0.29) is 17.1 Å². The lowest BCUT2D eigenvalue weighted by Gasteiger charge is -2.41. The Kier molecular flexibility index (Phi) is 9.78. The molecule has 1 saturated heterocycles. The van der Waals surface area contributed by atoms with E-state index in [1.54, 1.807) is 24.1 Å². The van der Waals surface area contributed by atoms with Gasteiger partial charge < -0.3 is 10.0 Å². The van der Waals surface area contributed by atoms with Crippen LogP contribution in [-0.4, -0.2) is 69.9 Å². The summed E-state index contributed by atoms with van der Waals surface area (Å²) in [6.07, 6.45) is -0.233. The van der Waals surface area contributed by atoms with Crippen LogP contribution in [-0.2, 0) is 31.7 Å². The van der Waals surface area contributed by atoms with Gasteiger partial charge in [-0.1, -0.05) is 60.4 Å². The lowest BCUT2D eigenvalue weighted by atomic mass is 10.1. The van der Waals surface area contributed by atoms with Crippen molar-refractivity contribution in [2.24, 2.45) is 0 Å². The minimum absolute atomic E-state index is 0.0761. The molecule has 11 heteroatoms. The van der Waals surface area contributed by atoms with Gasteiger partial charge in [-0.2, -0.15) is 0 Å². The van der Waals surface area contributed by atoms with Crippen LogP contribution < -0.4 is 4.90 Å². The number of aliphatic carboxylic acids is 1. The molecular weight excluding hydrogens is 599 g/mol. The second-order valence-corrected chi connectivity index (χ2v) is 13.4. The fraction of sp³-hybridized carbons (Fsp3) is 0.242. The average molecular weight is 632 g/mol. The van der Waals surface area contributed by atoms with Crippen molar-refractivity contribution in [3.05, 3.63) is 108 Å². The first-order valence-electron chi connectivity index (χ1n) is 14.1. The fourth-order valence-corrected chi connectivity index (χ4v) is 7.71. The second kappa shape index (κ2) is 13.7. The number of rotatable bonds is 9. The summed E-state index contributed by atoms with van der Waals surface area (Å²) < 4.78 is 49.6. The second-order valence-electron chi connectivity index (χ2n) is 10.7. The summed E-state index contributed by atoms with van der Waals surface area (Å²) in [6, 6.07) is 27.2. The molecule has 228 valence electrons. The van der Waals surface area contributed by atoms with Gasteiger partial charge in [0.2, 0.25) is 11.3 Å². The Hall–Kier alpha value is -4.05. The molecule has 0 aliphatic carbocycles. The molecule has 0 saturated carbocycles. The number of carboxylic acid groups (broad SMARTS) is 1. The zero-order chi connectivity index (χ0) is 31.3. The average Bonchev–Trinajstić information content (AvgIpc) is 3.00. The Morgan fingerprint density at radius 2 is 1.57 bits per heavy atom. The molecule has 9 nitrogen and oxygen atoms in total. The highest BCUT2D eigenvalue weighted by Gasteiger charge is 2.30. The third-order valence-electron chi connectivity index (χ3n) is 7.50. The molecular formula is C33H33N3O6S2. The van der Waals surface area contributed by atoms with Gasteiger partial charge in [-0.25, -0.2) is 17.6 Å². The minimum atomic E-state index is -3.57. The predicted octanol–water partition coefficient (Wildman–Crippen LogP) is 4.55. The molecule has 44 heavy (non-hydrogen) atoms. The van der Waals surface area contributed by atoms with Gasteiger partial charge in [0.1, 0.15) is 0 Å². The summed E-state index contributed by atoms with van der Waals surface area (Å²) in [5.74, 6) is 5.24. The molecule has 2 N–H and O–H groups in total. The molecule has 2 atom stereocenters. The van der Waals surface area contributed by atoms with Crippen LogP contribution in [0.2, 0.25) is 0 Å². The van der Waals surface area contributed by atoms with E-state index in [0.29, 0.717) is 37.1 Å². The normalized spacial score (nSPS) is 15.5. The molecule has 0 spiro atoms. The van der Waals surface area contributed by atoms with Crippen LogP contribution in [0.3, 0.4) is 0 Å². The molecule has 0 bridgehead atoms. The lowest BCUT2D eigenvalue weighted by Crippen LogP contribution is -2.57. The molecule has 5 rings (SSSR count). The van der Waals surface area contributed by atoms with E-state index in [0.717, 1.165) is 22.2 Å². The van der Waals surface area contributed by atoms with Gasteiger partial charge in [0.15, 0.2) is 9.84 Å². The van der Waals surface area contributed by atoms with Crippen LogP contribution in [0.4, 0.5) is 5.69 Å². The molecule has 0 radical (unpaired) electrons. The largest absolute Gasteiger partial charge is 0.481 e. The van der Waals surface area contributed by atoms with Crippen molar-refractivity contribution >= 4 is 43.5 Å². The van der Waals surface area contributed by atoms with Crippen LogP contribution in [0.1, 0.15) is 30.0 Å². The van der Waals surface area contributed by atoms with Crippen molar-refractivity contribution in [1.29, 1.82) is 0 Å². The fourth-order valence-electron chi connectivity index (χ4n) is 5.38. The van der Waals surface area contributed by atoms with E-state index in [1.807, 2.05) is 78.9 Å². The Labute approximate surface area is 260 Å². The van der Waals surface area contributed by atoms with Gasteiger partial charge in [-0.3, -0.25) is 9.35 Å². The van der Waals surface area contributed by atoms with Gasteiger partial charge in [0.25, 0.3) is 0 Å². The van der Waals surface area contributed by atoms with Crippen molar-refractivity contribution in [3.63, 3.8) is 0 Å². The van der Waals surface area contributed by atoms with Crippen LogP contribution in [0.15, 0.2) is 95.9 Å². The standard InChI is InChI=1S/C33H33N3O6S2/c1-25(22-33(37)38)36(43(39)40)35-20-18-34(19-21-35)30-16-13-26(14-17-30)10-11-27-12-15-29-8-5-9-32(31(29)23-27)44(41,42)24-28-6-3-2-4-7-28/h2-9,12-17,23,25H,18-22,24H2,1H3,(H,37,38)(H,39,40). The number of hydrogen-bond acceptors (Lipinski definition) is 6. The lowest BCUT2D eigenvalue weighted by molar-refractivity contribution is -0.139. The first-order chi connectivity index (χ1) is 21.1. The highest BCUT2D eigenvalue weighted by Crippen LogP contribution is 2.27. The van der Waals surface area contributed by atoms with E-state index in [9.17, 15) is 22.0 Å². The highest BCUT2D eigenvalue weighted by atomic mass is 32.2. The molecule has 1 aliphatic rings. The maximum absolute atomic E-state index is 13.3. The van der Waals surface area contributed by atoms with Crippen LogP contribution in [0.5, 0.6) is 0 Å². The number of nitrogens with zero attached hydrogens (tertiary/aromatic N) is 3. The number of benzene rings is 4. The Morgan fingerprint density at radius 1 is 0.909 bits per heavy atom. The summed E-state index contributed by atoms with van der Waals surface area (Å²) in [5.41, 5.74) is 3.24. The predicted molar refractivity (Wildman–Crippen MR) is 172 cm³/mol. The number of hydrazine groups is 1. The highest BCUT2D eigenvalue weighted by molar-refractivity contribution is 7.90. The number of carbonyl (C=O) groups is 1. The zero-order valence-electron chi connectivity index (χ0n) is 24.2. The first kappa shape index (κ1) is 31.4.